The minimum absolute atomic E-state index is 0.116. The van der Waals surface area contributed by atoms with Gasteiger partial charge in [0.25, 0.3) is 0 Å². The molecule has 28 heavy (non-hydrogen) atoms. The van der Waals surface area contributed by atoms with E-state index in [4.69, 9.17) is 4.74 Å². The summed E-state index contributed by atoms with van der Waals surface area (Å²) in [6, 6.07) is 4.18. The van der Waals surface area contributed by atoms with Crippen LogP contribution in [0, 0.1) is 5.92 Å². The van der Waals surface area contributed by atoms with Crippen LogP contribution in [-0.4, -0.2) is 17.2 Å². The molecule has 0 spiro atoms. The van der Waals surface area contributed by atoms with Crippen LogP contribution in [0.3, 0.4) is 0 Å². The van der Waals surface area contributed by atoms with Crippen molar-refractivity contribution in [2.45, 2.75) is 111 Å². The molecule has 0 saturated heterocycles. The molecule has 160 valence electrons. The van der Waals surface area contributed by atoms with Crippen molar-refractivity contribution in [1.29, 1.82) is 0 Å². The lowest BCUT2D eigenvalue weighted by Gasteiger charge is -2.29. The number of esters is 1. The summed E-state index contributed by atoms with van der Waals surface area (Å²) < 4.78 is 5.64. The zero-order chi connectivity index (χ0) is 21.7. The van der Waals surface area contributed by atoms with Crippen LogP contribution in [0.2, 0.25) is 0 Å². The molecule has 3 heteroatoms. The van der Waals surface area contributed by atoms with Crippen molar-refractivity contribution in [3.8, 4) is 5.75 Å². The zero-order valence-electron chi connectivity index (χ0n) is 19.6. The second kappa shape index (κ2) is 9.80. The highest BCUT2D eigenvalue weighted by Crippen LogP contribution is 2.40. The average molecular weight is 391 g/mol. The Bertz CT molecular complexity index is 610. The lowest BCUT2D eigenvalue weighted by atomic mass is 9.78. The Morgan fingerprint density at radius 3 is 1.82 bits per heavy atom. The van der Waals surface area contributed by atoms with Crippen molar-refractivity contribution in [2.24, 2.45) is 5.92 Å². The lowest BCUT2D eigenvalue weighted by molar-refractivity contribution is -0.146. The standard InChI is InChI=1S/C25H42O3/c1-17(2)12-10-11-13-20(28-18(3)26)14-19-15-21(24(4,5)6)23(27)22(16-19)25(7,8)9/h15-17,20,27H,10-14H2,1-9H3. The molecule has 0 saturated carbocycles. The molecule has 1 aromatic rings. The van der Waals surface area contributed by atoms with Gasteiger partial charge in [0.05, 0.1) is 0 Å². The SMILES string of the molecule is CC(=O)OC(CCCCC(C)C)Cc1cc(C(C)(C)C)c(O)c(C(C)(C)C)c1. The number of rotatable bonds is 8. The maximum Gasteiger partial charge on any atom is 0.302 e. The molecular weight excluding hydrogens is 348 g/mol. The molecule has 0 heterocycles. The minimum atomic E-state index is -0.222. The first-order valence-electron chi connectivity index (χ1n) is 10.8. The fourth-order valence-electron chi connectivity index (χ4n) is 3.58. The Hall–Kier alpha value is -1.51. The van der Waals surface area contributed by atoms with Crippen LogP contribution in [-0.2, 0) is 26.8 Å². The summed E-state index contributed by atoms with van der Waals surface area (Å²) in [6.07, 6.45) is 4.87. The number of unbranched alkanes of at least 4 members (excludes halogenated alkanes) is 1. The summed E-state index contributed by atoms with van der Waals surface area (Å²) in [6.45, 7) is 18.7. The van der Waals surface area contributed by atoms with Crippen LogP contribution in [0.15, 0.2) is 12.1 Å². The first kappa shape index (κ1) is 24.5. The van der Waals surface area contributed by atoms with Crippen molar-refractivity contribution in [3.05, 3.63) is 28.8 Å². The van der Waals surface area contributed by atoms with E-state index in [1.54, 1.807) is 0 Å². The number of carbonyl (C=O) groups is 1. The summed E-state index contributed by atoms with van der Waals surface area (Å²) in [4.78, 5) is 11.6. The Balaban J connectivity index is 3.14. The number of phenolic OH excluding ortho intramolecular Hbond substituents is 1. The zero-order valence-corrected chi connectivity index (χ0v) is 19.6. The van der Waals surface area contributed by atoms with Gasteiger partial charge in [0.2, 0.25) is 0 Å². The number of hydrogen-bond donors (Lipinski definition) is 1. The number of ether oxygens (including phenoxy) is 1. The third-order valence-corrected chi connectivity index (χ3v) is 5.14. The highest BCUT2D eigenvalue weighted by Gasteiger charge is 2.27. The van der Waals surface area contributed by atoms with Gasteiger partial charge in [-0.2, -0.15) is 0 Å². The van der Waals surface area contributed by atoms with Gasteiger partial charge in [0.1, 0.15) is 11.9 Å². The highest BCUT2D eigenvalue weighted by molar-refractivity contribution is 5.66. The second-order valence-electron chi connectivity index (χ2n) is 10.7. The molecule has 1 rings (SSSR count). The molecule has 1 aromatic carbocycles. The van der Waals surface area contributed by atoms with Gasteiger partial charge in [0.15, 0.2) is 0 Å². The number of hydrogen-bond acceptors (Lipinski definition) is 3. The van der Waals surface area contributed by atoms with E-state index in [-0.39, 0.29) is 22.9 Å². The van der Waals surface area contributed by atoms with Crippen molar-refractivity contribution in [3.63, 3.8) is 0 Å². The molecule has 0 amide bonds. The topological polar surface area (TPSA) is 46.5 Å². The predicted octanol–water partition coefficient (Wildman–Crippen LogP) is 6.68. The monoisotopic (exact) mass is 390 g/mol. The van der Waals surface area contributed by atoms with Gasteiger partial charge in [0, 0.05) is 13.3 Å². The van der Waals surface area contributed by atoms with Crippen LogP contribution in [0.25, 0.3) is 0 Å². The van der Waals surface area contributed by atoms with E-state index >= 15 is 0 Å². The van der Waals surface area contributed by atoms with Crippen LogP contribution in [0.1, 0.15) is 105 Å². The van der Waals surface area contributed by atoms with E-state index < -0.39 is 0 Å². The molecule has 3 nitrogen and oxygen atoms in total. The van der Waals surface area contributed by atoms with E-state index in [1.807, 2.05) is 0 Å². The van der Waals surface area contributed by atoms with Crippen molar-refractivity contribution >= 4 is 5.97 Å². The first-order valence-corrected chi connectivity index (χ1v) is 10.8. The van der Waals surface area contributed by atoms with E-state index in [0.29, 0.717) is 18.1 Å². The molecule has 0 radical (unpaired) electrons. The molecule has 0 bridgehead atoms. The van der Waals surface area contributed by atoms with Crippen molar-refractivity contribution < 1.29 is 14.6 Å². The predicted molar refractivity (Wildman–Crippen MR) is 118 cm³/mol. The summed E-state index contributed by atoms with van der Waals surface area (Å²) >= 11 is 0. The molecule has 0 aliphatic carbocycles. The van der Waals surface area contributed by atoms with Crippen LogP contribution >= 0.6 is 0 Å². The number of carbonyl (C=O) groups excluding carboxylic acids is 1. The van der Waals surface area contributed by atoms with Gasteiger partial charge in [-0.1, -0.05) is 80.4 Å². The largest absolute Gasteiger partial charge is 0.507 e. The molecule has 0 aromatic heterocycles. The van der Waals surface area contributed by atoms with E-state index in [9.17, 15) is 9.90 Å². The number of aromatic hydroxyl groups is 1. The van der Waals surface area contributed by atoms with Gasteiger partial charge < -0.3 is 9.84 Å². The molecular formula is C25H42O3. The molecule has 0 aliphatic heterocycles. The molecule has 1 N–H and O–H groups in total. The highest BCUT2D eigenvalue weighted by atomic mass is 16.5. The van der Waals surface area contributed by atoms with Crippen molar-refractivity contribution in [1.82, 2.24) is 0 Å². The number of benzene rings is 1. The fraction of sp³-hybridized carbons (Fsp3) is 0.720. The Kier molecular flexibility index (Phi) is 8.59. The summed E-state index contributed by atoms with van der Waals surface area (Å²) in [5.74, 6) is 0.873. The Morgan fingerprint density at radius 1 is 0.964 bits per heavy atom. The second-order valence-corrected chi connectivity index (χ2v) is 10.7. The van der Waals surface area contributed by atoms with Gasteiger partial charge in [-0.15, -0.1) is 0 Å². The summed E-state index contributed by atoms with van der Waals surface area (Å²) in [5.41, 5.74) is 2.72. The maximum atomic E-state index is 11.6. The Morgan fingerprint density at radius 2 is 1.43 bits per heavy atom. The lowest BCUT2D eigenvalue weighted by Crippen LogP contribution is -2.22. The third kappa shape index (κ3) is 7.85. The van der Waals surface area contributed by atoms with Gasteiger partial charge in [-0.3, -0.25) is 4.79 Å². The summed E-state index contributed by atoms with van der Waals surface area (Å²) in [7, 11) is 0. The molecule has 0 aliphatic rings. The molecule has 1 atom stereocenters. The normalized spacial score (nSPS) is 13.6. The van der Waals surface area contributed by atoms with Crippen LogP contribution in [0.4, 0.5) is 0 Å². The molecule has 1 unspecified atom stereocenters. The smallest absolute Gasteiger partial charge is 0.302 e. The quantitative estimate of drug-likeness (QED) is 0.398. The Labute approximate surface area is 172 Å². The van der Waals surface area contributed by atoms with E-state index in [0.717, 1.165) is 36.0 Å². The summed E-state index contributed by atoms with van der Waals surface area (Å²) in [5, 5.41) is 10.9. The fourth-order valence-corrected chi connectivity index (χ4v) is 3.58. The van der Waals surface area contributed by atoms with Gasteiger partial charge in [-0.05, 0) is 46.3 Å². The van der Waals surface area contributed by atoms with E-state index in [1.165, 1.54) is 13.3 Å². The third-order valence-electron chi connectivity index (χ3n) is 5.14. The van der Waals surface area contributed by atoms with Crippen molar-refractivity contribution in [2.75, 3.05) is 0 Å². The van der Waals surface area contributed by atoms with E-state index in [2.05, 4.69) is 67.5 Å². The average Bonchev–Trinajstić information content (AvgIpc) is 2.49. The van der Waals surface area contributed by atoms with Crippen LogP contribution in [0.5, 0.6) is 5.75 Å². The minimum Gasteiger partial charge on any atom is -0.507 e. The first-order chi connectivity index (χ1) is 12.7. The number of phenols is 1. The molecule has 0 fully saturated rings. The van der Waals surface area contributed by atoms with Gasteiger partial charge >= 0.3 is 5.97 Å². The maximum absolute atomic E-state index is 11.6. The van der Waals surface area contributed by atoms with Crippen LogP contribution < -0.4 is 0 Å². The van der Waals surface area contributed by atoms with Gasteiger partial charge in [-0.25, -0.2) is 0 Å².